The summed E-state index contributed by atoms with van der Waals surface area (Å²) < 4.78 is 0. The molecule has 1 atom stereocenters. The number of carbonyl (C=O) groups excluding carboxylic acids is 3. The Balaban J connectivity index is 1.89. The molecular formula is C19H28N6O3. The molecule has 2 fully saturated rings. The highest BCUT2D eigenvalue weighted by Crippen LogP contribution is 2.39. The number of likely N-dealkylation sites (tertiary alicyclic amines) is 1. The molecule has 1 spiro atoms. The van der Waals surface area contributed by atoms with E-state index in [4.69, 9.17) is 5.73 Å². The highest BCUT2D eigenvalue weighted by molar-refractivity contribution is 6.08. The minimum absolute atomic E-state index is 0.102. The third-order valence-corrected chi connectivity index (χ3v) is 5.85. The van der Waals surface area contributed by atoms with Crippen molar-refractivity contribution in [2.75, 3.05) is 20.1 Å². The maximum absolute atomic E-state index is 13.0. The molecule has 0 bridgehead atoms. The Bertz CT molecular complexity index is 821. The number of hydrogen-bond acceptors (Lipinski definition) is 5. The molecule has 2 saturated heterocycles. The van der Waals surface area contributed by atoms with Crippen LogP contribution in [0.3, 0.4) is 0 Å². The van der Waals surface area contributed by atoms with Crippen LogP contribution >= 0.6 is 0 Å². The molecule has 4 amide bonds. The number of amides is 4. The summed E-state index contributed by atoms with van der Waals surface area (Å²) in [5.41, 5.74) is 7.34. The van der Waals surface area contributed by atoms with Gasteiger partial charge in [-0.2, -0.15) is 5.10 Å². The quantitative estimate of drug-likeness (QED) is 0.749. The van der Waals surface area contributed by atoms with Crippen LogP contribution in [-0.4, -0.2) is 74.5 Å². The van der Waals surface area contributed by atoms with Crippen molar-refractivity contribution in [1.29, 1.82) is 0 Å². The molecular weight excluding hydrogens is 360 g/mol. The van der Waals surface area contributed by atoms with Crippen LogP contribution in [0, 0.1) is 6.92 Å². The first-order valence-electron chi connectivity index (χ1n) is 9.58. The van der Waals surface area contributed by atoms with Crippen LogP contribution in [0.2, 0.25) is 0 Å². The van der Waals surface area contributed by atoms with Gasteiger partial charge in [0.1, 0.15) is 5.54 Å². The molecule has 9 heteroatoms. The number of aromatic nitrogens is 2. The molecule has 0 radical (unpaired) electrons. The molecule has 3 N–H and O–H groups in total. The summed E-state index contributed by atoms with van der Waals surface area (Å²) in [4.78, 5) is 42.8. The van der Waals surface area contributed by atoms with Gasteiger partial charge < -0.3 is 10.6 Å². The summed E-state index contributed by atoms with van der Waals surface area (Å²) in [6.07, 6.45) is 4.89. The maximum atomic E-state index is 13.0. The SMILES string of the molecule is CC[C@@H](N)C(=O)N1CCC2(CC1)C(=O)N(C)C(=O)N2/C(C)=C/c1cn[nH]c1C. The number of likely N-dealkylation sites (N-methyl/N-ethyl adjacent to an activating group) is 1. The Morgan fingerprint density at radius 1 is 1.39 bits per heavy atom. The normalized spacial score (nSPS) is 21.0. The van der Waals surface area contributed by atoms with Crippen LogP contribution in [0.15, 0.2) is 11.9 Å². The van der Waals surface area contributed by atoms with E-state index in [1.807, 2.05) is 26.8 Å². The second-order valence-electron chi connectivity index (χ2n) is 7.59. The highest BCUT2D eigenvalue weighted by Gasteiger charge is 2.57. The van der Waals surface area contributed by atoms with E-state index in [-0.39, 0.29) is 17.8 Å². The van der Waals surface area contributed by atoms with Gasteiger partial charge in [-0.05, 0) is 39.2 Å². The number of aromatic amines is 1. The molecule has 0 unspecified atom stereocenters. The number of piperidine rings is 1. The fourth-order valence-electron chi connectivity index (χ4n) is 4.05. The van der Waals surface area contributed by atoms with Gasteiger partial charge in [0.05, 0.1) is 12.2 Å². The number of carbonyl (C=O) groups is 3. The second-order valence-corrected chi connectivity index (χ2v) is 7.59. The van der Waals surface area contributed by atoms with Crippen molar-refractivity contribution in [1.82, 2.24) is 24.9 Å². The van der Waals surface area contributed by atoms with Crippen LogP contribution in [-0.2, 0) is 9.59 Å². The van der Waals surface area contributed by atoms with E-state index in [1.165, 1.54) is 11.9 Å². The van der Waals surface area contributed by atoms with E-state index < -0.39 is 11.6 Å². The molecule has 3 heterocycles. The maximum Gasteiger partial charge on any atom is 0.331 e. The lowest BCUT2D eigenvalue weighted by Crippen LogP contribution is -2.58. The minimum atomic E-state index is -0.961. The zero-order valence-corrected chi connectivity index (χ0v) is 16.9. The largest absolute Gasteiger partial charge is 0.341 e. The molecule has 3 rings (SSSR count). The van der Waals surface area contributed by atoms with Crippen molar-refractivity contribution in [2.24, 2.45) is 5.73 Å². The third kappa shape index (κ3) is 3.09. The first kappa shape index (κ1) is 20.1. The summed E-state index contributed by atoms with van der Waals surface area (Å²) in [5, 5.41) is 6.87. The lowest BCUT2D eigenvalue weighted by molar-refractivity contribution is -0.140. The zero-order valence-electron chi connectivity index (χ0n) is 16.9. The summed E-state index contributed by atoms with van der Waals surface area (Å²) in [6.45, 7) is 6.38. The van der Waals surface area contributed by atoms with E-state index in [9.17, 15) is 14.4 Å². The number of allylic oxidation sites excluding steroid dienone is 1. The fraction of sp³-hybridized carbons (Fsp3) is 0.579. The summed E-state index contributed by atoms with van der Waals surface area (Å²) in [5.74, 6) is -0.323. The van der Waals surface area contributed by atoms with Crippen molar-refractivity contribution in [3.05, 3.63) is 23.2 Å². The molecule has 9 nitrogen and oxygen atoms in total. The van der Waals surface area contributed by atoms with Crippen molar-refractivity contribution < 1.29 is 14.4 Å². The molecule has 0 saturated carbocycles. The molecule has 28 heavy (non-hydrogen) atoms. The number of imide groups is 1. The first-order valence-corrected chi connectivity index (χ1v) is 9.58. The molecule has 2 aliphatic heterocycles. The number of H-pyrrole nitrogens is 1. The third-order valence-electron chi connectivity index (χ3n) is 5.85. The number of aryl methyl sites for hydroxylation is 1. The molecule has 1 aromatic heterocycles. The van der Waals surface area contributed by atoms with Crippen molar-refractivity contribution in [2.45, 2.75) is 51.6 Å². The zero-order chi connectivity index (χ0) is 20.6. The average molecular weight is 388 g/mol. The van der Waals surface area contributed by atoms with Crippen LogP contribution in [0.25, 0.3) is 6.08 Å². The number of urea groups is 1. The Hall–Kier alpha value is -2.68. The predicted molar refractivity (Wildman–Crippen MR) is 104 cm³/mol. The number of hydrogen-bond donors (Lipinski definition) is 2. The van der Waals surface area contributed by atoms with E-state index >= 15 is 0 Å². The number of nitrogens with zero attached hydrogens (tertiary/aromatic N) is 4. The van der Waals surface area contributed by atoms with E-state index in [1.54, 1.807) is 16.0 Å². The molecule has 152 valence electrons. The van der Waals surface area contributed by atoms with Gasteiger partial charge in [-0.1, -0.05) is 6.92 Å². The van der Waals surface area contributed by atoms with Crippen LogP contribution in [0.1, 0.15) is 44.4 Å². The van der Waals surface area contributed by atoms with Crippen LogP contribution in [0.4, 0.5) is 4.79 Å². The minimum Gasteiger partial charge on any atom is -0.341 e. The Morgan fingerprint density at radius 3 is 2.57 bits per heavy atom. The summed E-state index contributed by atoms with van der Waals surface area (Å²) in [6, 6.07) is -0.871. The number of rotatable bonds is 4. The topological polar surface area (TPSA) is 116 Å². The predicted octanol–water partition coefficient (Wildman–Crippen LogP) is 1.07. The highest BCUT2D eigenvalue weighted by atomic mass is 16.2. The van der Waals surface area contributed by atoms with Crippen LogP contribution < -0.4 is 5.73 Å². The summed E-state index contributed by atoms with van der Waals surface area (Å²) >= 11 is 0. The van der Waals surface area contributed by atoms with Gasteiger partial charge >= 0.3 is 6.03 Å². The lowest BCUT2D eigenvalue weighted by Gasteiger charge is -2.42. The Morgan fingerprint density at radius 2 is 2.04 bits per heavy atom. The number of nitrogens with two attached hydrogens (primary N) is 1. The Kier molecular flexibility index (Phi) is 5.29. The fourth-order valence-corrected chi connectivity index (χ4v) is 4.05. The Labute approximate surface area is 164 Å². The molecule has 1 aromatic rings. The first-order chi connectivity index (χ1) is 13.2. The van der Waals surface area contributed by atoms with Gasteiger partial charge in [-0.3, -0.25) is 24.5 Å². The van der Waals surface area contributed by atoms with Gasteiger partial charge in [0.2, 0.25) is 5.91 Å². The van der Waals surface area contributed by atoms with Gasteiger partial charge in [-0.15, -0.1) is 0 Å². The number of nitrogens with one attached hydrogen (secondary N) is 1. The van der Waals surface area contributed by atoms with E-state index in [0.717, 1.165) is 11.3 Å². The molecule has 2 aliphatic rings. The van der Waals surface area contributed by atoms with Crippen LogP contribution in [0.5, 0.6) is 0 Å². The molecule has 0 aliphatic carbocycles. The summed E-state index contributed by atoms with van der Waals surface area (Å²) in [7, 11) is 1.51. The van der Waals surface area contributed by atoms with Gasteiger partial charge in [0, 0.05) is 37.1 Å². The smallest absolute Gasteiger partial charge is 0.331 e. The van der Waals surface area contributed by atoms with Gasteiger partial charge in [0.25, 0.3) is 5.91 Å². The average Bonchev–Trinajstić information content (AvgIpc) is 3.16. The lowest BCUT2D eigenvalue weighted by atomic mass is 9.85. The molecule has 0 aromatic carbocycles. The van der Waals surface area contributed by atoms with E-state index in [2.05, 4.69) is 10.2 Å². The van der Waals surface area contributed by atoms with Gasteiger partial charge in [-0.25, -0.2) is 4.79 Å². The van der Waals surface area contributed by atoms with Crippen molar-refractivity contribution >= 4 is 23.9 Å². The van der Waals surface area contributed by atoms with Gasteiger partial charge in [0.15, 0.2) is 0 Å². The standard InChI is InChI=1S/C19H28N6O3/c1-5-15(20)16(26)24-8-6-19(7-9-24)17(27)23(4)18(28)25(19)12(2)10-14-11-21-22-13(14)3/h10-11,15H,5-9,20H2,1-4H3,(H,21,22)/b12-10+/t15-/m1/s1. The second kappa shape index (κ2) is 7.38. The monoisotopic (exact) mass is 388 g/mol. The van der Waals surface area contributed by atoms with E-state index in [0.29, 0.717) is 38.0 Å². The van der Waals surface area contributed by atoms with Crippen molar-refractivity contribution in [3.8, 4) is 0 Å². The van der Waals surface area contributed by atoms with Crippen molar-refractivity contribution in [3.63, 3.8) is 0 Å².